The summed E-state index contributed by atoms with van der Waals surface area (Å²) in [5.41, 5.74) is 7.49. The van der Waals surface area contributed by atoms with Crippen LogP contribution in [0, 0.1) is 19.7 Å². The number of hydrogen-bond donors (Lipinski definition) is 2. The normalized spacial score (nSPS) is 10.6. The Labute approximate surface area is 83.6 Å². The fraction of sp³-hybridized carbons (Fsp3) is 0.455. The van der Waals surface area contributed by atoms with Gasteiger partial charge in [-0.3, -0.25) is 0 Å². The van der Waals surface area contributed by atoms with Gasteiger partial charge in [0.05, 0.1) is 0 Å². The molecule has 14 heavy (non-hydrogen) atoms. The molecule has 3 heteroatoms. The van der Waals surface area contributed by atoms with Crippen LogP contribution in [0.25, 0.3) is 0 Å². The number of nitrogens with two attached hydrogens (primary N) is 1. The van der Waals surface area contributed by atoms with Gasteiger partial charge in [0, 0.05) is 0 Å². The summed E-state index contributed by atoms with van der Waals surface area (Å²) in [6, 6.07) is 1.78. The number of phenols is 1. The van der Waals surface area contributed by atoms with E-state index in [1.807, 2.05) is 0 Å². The number of hydrogen-bond acceptors (Lipinski definition) is 2. The molecule has 0 saturated carbocycles. The van der Waals surface area contributed by atoms with Crippen LogP contribution in [0.2, 0.25) is 0 Å². The van der Waals surface area contributed by atoms with Gasteiger partial charge in [0.2, 0.25) is 0 Å². The van der Waals surface area contributed by atoms with Gasteiger partial charge in [-0.15, -0.1) is 0 Å². The molecule has 0 saturated heterocycles. The van der Waals surface area contributed by atoms with Crippen molar-refractivity contribution in [2.24, 2.45) is 5.73 Å². The van der Waals surface area contributed by atoms with Crippen molar-refractivity contribution in [2.45, 2.75) is 26.7 Å². The highest BCUT2D eigenvalue weighted by atomic mass is 19.1. The first-order chi connectivity index (χ1) is 6.57. The summed E-state index contributed by atoms with van der Waals surface area (Å²) in [7, 11) is 0. The molecule has 0 aliphatic carbocycles. The van der Waals surface area contributed by atoms with Crippen molar-refractivity contribution in [1.29, 1.82) is 0 Å². The number of rotatable bonds is 3. The molecule has 1 rings (SSSR count). The quantitative estimate of drug-likeness (QED) is 0.779. The minimum atomic E-state index is -0.515. The van der Waals surface area contributed by atoms with Crippen LogP contribution in [0.5, 0.6) is 5.75 Å². The predicted molar refractivity (Wildman–Crippen MR) is 54.9 cm³/mol. The van der Waals surface area contributed by atoms with Gasteiger partial charge in [0.15, 0.2) is 11.6 Å². The van der Waals surface area contributed by atoms with Crippen molar-refractivity contribution in [3.05, 3.63) is 28.6 Å². The maximum Gasteiger partial charge on any atom is 0.167 e. The Morgan fingerprint density at radius 2 is 2.07 bits per heavy atom. The van der Waals surface area contributed by atoms with E-state index >= 15 is 0 Å². The Balaban J connectivity index is 3.06. The first-order valence-corrected chi connectivity index (χ1v) is 4.75. The summed E-state index contributed by atoms with van der Waals surface area (Å²) in [4.78, 5) is 0. The molecule has 0 aliphatic rings. The second-order valence-electron chi connectivity index (χ2n) is 3.53. The van der Waals surface area contributed by atoms with E-state index < -0.39 is 5.82 Å². The van der Waals surface area contributed by atoms with Crippen molar-refractivity contribution in [3.63, 3.8) is 0 Å². The zero-order valence-corrected chi connectivity index (χ0v) is 8.60. The third-order valence-electron chi connectivity index (χ3n) is 2.43. The van der Waals surface area contributed by atoms with Crippen LogP contribution in [-0.4, -0.2) is 11.7 Å². The highest BCUT2D eigenvalue weighted by Gasteiger charge is 2.11. The summed E-state index contributed by atoms with van der Waals surface area (Å²) in [5, 5.41) is 9.46. The van der Waals surface area contributed by atoms with Crippen LogP contribution in [0.1, 0.15) is 23.1 Å². The molecule has 0 bridgehead atoms. The summed E-state index contributed by atoms with van der Waals surface area (Å²) < 4.78 is 13.2. The molecule has 0 amide bonds. The number of halogens is 1. The highest BCUT2D eigenvalue weighted by molar-refractivity contribution is 5.43. The van der Waals surface area contributed by atoms with Crippen molar-refractivity contribution in [1.82, 2.24) is 0 Å². The van der Waals surface area contributed by atoms with E-state index in [0.717, 1.165) is 18.4 Å². The van der Waals surface area contributed by atoms with Gasteiger partial charge in [-0.05, 0) is 49.9 Å². The number of aromatic hydroxyl groups is 1. The van der Waals surface area contributed by atoms with E-state index in [2.05, 4.69) is 0 Å². The topological polar surface area (TPSA) is 46.2 Å². The molecule has 0 aromatic heterocycles. The lowest BCUT2D eigenvalue weighted by molar-refractivity contribution is 0.425. The molecule has 0 atom stereocenters. The molecule has 0 fully saturated rings. The van der Waals surface area contributed by atoms with E-state index in [0.29, 0.717) is 17.7 Å². The summed E-state index contributed by atoms with van der Waals surface area (Å²) in [6.07, 6.45) is 1.64. The van der Waals surface area contributed by atoms with Gasteiger partial charge in [-0.2, -0.15) is 0 Å². The van der Waals surface area contributed by atoms with E-state index in [1.54, 1.807) is 19.9 Å². The number of benzene rings is 1. The molecule has 0 aliphatic heterocycles. The minimum absolute atomic E-state index is 0.225. The molecule has 2 nitrogen and oxygen atoms in total. The predicted octanol–water partition coefficient (Wildman–Crippen LogP) is 2.04. The Morgan fingerprint density at radius 3 is 2.64 bits per heavy atom. The molecule has 0 radical (unpaired) electrons. The molecule has 1 aromatic carbocycles. The molecule has 3 N–H and O–H groups in total. The molecular weight excluding hydrogens is 181 g/mol. The second kappa shape index (κ2) is 4.42. The first kappa shape index (κ1) is 11.0. The molecular formula is C11H16FNO. The summed E-state index contributed by atoms with van der Waals surface area (Å²) in [6.45, 7) is 3.99. The molecule has 78 valence electrons. The second-order valence-corrected chi connectivity index (χ2v) is 3.53. The Kier molecular flexibility index (Phi) is 3.47. The van der Waals surface area contributed by atoms with Crippen LogP contribution in [-0.2, 0) is 6.42 Å². The SMILES string of the molecule is Cc1cc(CCCN)c(C)c(O)c1F. The largest absolute Gasteiger partial charge is 0.505 e. The van der Waals surface area contributed by atoms with E-state index in [9.17, 15) is 9.50 Å². The van der Waals surface area contributed by atoms with Gasteiger partial charge >= 0.3 is 0 Å². The first-order valence-electron chi connectivity index (χ1n) is 4.75. The lowest BCUT2D eigenvalue weighted by Gasteiger charge is -2.10. The zero-order chi connectivity index (χ0) is 10.7. The Hall–Kier alpha value is -1.09. The van der Waals surface area contributed by atoms with Gasteiger partial charge in [-0.25, -0.2) is 4.39 Å². The zero-order valence-electron chi connectivity index (χ0n) is 8.60. The van der Waals surface area contributed by atoms with Crippen LogP contribution < -0.4 is 5.73 Å². The monoisotopic (exact) mass is 197 g/mol. The standard InChI is InChI=1S/C11H16FNO/c1-7-6-9(4-3-5-13)8(2)11(14)10(7)12/h6,14H,3-5,13H2,1-2H3. The van der Waals surface area contributed by atoms with Gasteiger partial charge in [-0.1, -0.05) is 6.07 Å². The van der Waals surface area contributed by atoms with Crippen LogP contribution in [0.4, 0.5) is 4.39 Å². The third-order valence-corrected chi connectivity index (χ3v) is 2.43. The fourth-order valence-corrected chi connectivity index (χ4v) is 1.49. The maximum atomic E-state index is 13.2. The fourth-order valence-electron chi connectivity index (χ4n) is 1.49. The van der Waals surface area contributed by atoms with Crippen LogP contribution >= 0.6 is 0 Å². The average molecular weight is 197 g/mol. The van der Waals surface area contributed by atoms with Gasteiger partial charge in [0.1, 0.15) is 0 Å². The summed E-state index contributed by atoms with van der Waals surface area (Å²) >= 11 is 0. The van der Waals surface area contributed by atoms with E-state index in [4.69, 9.17) is 5.73 Å². The minimum Gasteiger partial charge on any atom is -0.505 e. The number of phenolic OH excluding ortho intramolecular Hbond substituents is 1. The summed E-state index contributed by atoms with van der Waals surface area (Å²) in [5.74, 6) is -0.740. The van der Waals surface area contributed by atoms with Crippen molar-refractivity contribution >= 4 is 0 Å². The Bertz CT molecular complexity index is 337. The van der Waals surface area contributed by atoms with Crippen molar-refractivity contribution in [2.75, 3.05) is 6.54 Å². The van der Waals surface area contributed by atoms with Gasteiger partial charge < -0.3 is 10.8 Å². The molecule has 1 aromatic rings. The van der Waals surface area contributed by atoms with Crippen molar-refractivity contribution < 1.29 is 9.50 Å². The number of aryl methyl sites for hydroxylation is 2. The van der Waals surface area contributed by atoms with E-state index in [-0.39, 0.29) is 5.75 Å². The highest BCUT2D eigenvalue weighted by Crippen LogP contribution is 2.27. The molecule has 0 unspecified atom stereocenters. The lowest BCUT2D eigenvalue weighted by Crippen LogP contribution is -2.02. The van der Waals surface area contributed by atoms with Crippen LogP contribution in [0.15, 0.2) is 6.07 Å². The smallest absolute Gasteiger partial charge is 0.167 e. The van der Waals surface area contributed by atoms with Gasteiger partial charge in [0.25, 0.3) is 0 Å². The molecule has 0 heterocycles. The van der Waals surface area contributed by atoms with Crippen molar-refractivity contribution in [3.8, 4) is 5.75 Å². The molecule has 0 spiro atoms. The van der Waals surface area contributed by atoms with Crippen LogP contribution in [0.3, 0.4) is 0 Å². The Morgan fingerprint density at radius 1 is 1.43 bits per heavy atom. The maximum absolute atomic E-state index is 13.2. The average Bonchev–Trinajstić information content (AvgIpc) is 2.18. The third kappa shape index (κ3) is 2.04. The lowest BCUT2D eigenvalue weighted by atomic mass is 10.00. The van der Waals surface area contributed by atoms with E-state index in [1.165, 1.54) is 0 Å².